The highest BCUT2D eigenvalue weighted by molar-refractivity contribution is 6.06. The number of fused-ring (bicyclic) bond motifs is 1. The Balaban J connectivity index is 0.00000216. The van der Waals surface area contributed by atoms with E-state index < -0.39 is 5.82 Å². The van der Waals surface area contributed by atoms with Crippen molar-refractivity contribution in [2.75, 3.05) is 58.1 Å². The van der Waals surface area contributed by atoms with Crippen molar-refractivity contribution in [1.82, 2.24) is 4.90 Å². The van der Waals surface area contributed by atoms with Gasteiger partial charge >= 0.3 is 0 Å². The molecule has 0 aliphatic carbocycles. The van der Waals surface area contributed by atoms with Crippen LogP contribution in [0.1, 0.15) is 75.5 Å². The van der Waals surface area contributed by atoms with Gasteiger partial charge in [-0.1, -0.05) is 34.6 Å². The number of carbonyl (C=O) groups is 1. The summed E-state index contributed by atoms with van der Waals surface area (Å²) in [4.78, 5) is 17.4. The lowest BCUT2D eigenvalue weighted by Crippen LogP contribution is -2.37. The molecule has 0 spiro atoms. The quantitative estimate of drug-likeness (QED) is 0.389. The highest BCUT2D eigenvalue weighted by Gasteiger charge is 2.34. The minimum Gasteiger partial charge on any atom is -0.494 e. The SMILES string of the molecule is CC.CCOc1cc2c(c(F)c1OCC)C(=N)N(CC(=O)c1cc(N3CCOCC3)c(OC)c(C(C)(C)C)c1)C2. The molecule has 9 heteroatoms. The summed E-state index contributed by atoms with van der Waals surface area (Å²) in [6.07, 6.45) is 0. The third-order valence-electron chi connectivity index (χ3n) is 6.86. The van der Waals surface area contributed by atoms with E-state index >= 15 is 4.39 Å². The van der Waals surface area contributed by atoms with Crippen molar-refractivity contribution >= 4 is 17.3 Å². The Hall–Kier alpha value is -3.33. The monoisotopic (exact) mass is 557 g/mol. The zero-order valence-corrected chi connectivity index (χ0v) is 25.2. The van der Waals surface area contributed by atoms with Crippen molar-refractivity contribution in [3.05, 3.63) is 46.3 Å². The van der Waals surface area contributed by atoms with E-state index in [2.05, 4.69) is 25.7 Å². The van der Waals surface area contributed by atoms with Gasteiger partial charge in [-0.3, -0.25) is 10.2 Å². The summed E-state index contributed by atoms with van der Waals surface area (Å²) in [6, 6.07) is 5.47. The average molecular weight is 558 g/mol. The molecule has 0 atom stereocenters. The van der Waals surface area contributed by atoms with Crippen LogP contribution >= 0.6 is 0 Å². The summed E-state index contributed by atoms with van der Waals surface area (Å²) in [5, 5.41) is 8.69. The largest absolute Gasteiger partial charge is 0.494 e. The summed E-state index contributed by atoms with van der Waals surface area (Å²) in [6.45, 7) is 17.3. The summed E-state index contributed by atoms with van der Waals surface area (Å²) >= 11 is 0. The molecular weight excluding hydrogens is 513 g/mol. The molecule has 0 radical (unpaired) electrons. The minimum atomic E-state index is -0.623. The van der Waals surface area contributed by atoms with Crippen molar-refractivity contribution < 1.29 is 28.1 Å². The Morgan fingerprint density at radius 3 is 2.27 bits per heavy atom. The summed E-state index contributed by atoms with van der Waals surface area (Å²) in [7, 11) is 1.65. The van der Waals surface area contributed by atoms with Gasteiger partial charge in [-0.2, -0.15) is 0 Å². The molecule has 4 rings (SSSR count). The molecule has 2 aromatic carbocycles. The summed E-state index contributed by atoms with van der Waals surface area (Å²) < 4.78 is 38.0. The van der Waals surface area contributed by atoms with Gasteiger partial charge in [-0.15, -0.1) is 0 Å². The van der Waals surface area contributed by atoms with Crippen molar-refractivity contribution in [3.8, 4) is 17.2 Å². The number of anilines is 1. The summed E-state index contributed by atoms with van der Waals surface area (Å²) in [5.41, 5.74) is 2.82. The molecule has 2 aromatic rings. The van der Waals surface area contributed by atoms with E-state index in [0.29, 0.717) is 49.8 Å². The van der Waals surface area contributed by atoms with Gasteiger partial charge in [-0.25, -0.2) is 4.39 Å². The molecule has 0 aromatic heterocycles. The second-order valence-corrected chi connectivity index (χ2v) is 10.5. The van der Waals surface area contributed by atoms with Gasteiger partial charge < -0.3 is 28.7 Å². The first-order valence-electron chi connectivity index (χ1n) is 14.1. The van der Waals surface area contributed by atoms with E-state index in [1.165, 1.54) is 0 Å². The molecule has 40 heavy (non-hydrogen) atoms. The molecule has 2 heterocycles. The van der Waals surface area contributed by atoms with E-state index in [9.17, 15) is 4.79 Å². The van der Waals surface area contributed by atoms with Gasteiger partial charge in [-0.05, 0) is 43.0 Å². The molecule has 220 valence electrons. The van der Waals surface area contributed by atoms with Crippen LogP contribution in [0.25, 0.3) is 0 Å². The smallest absolute Gasteiger partial charge is 0.197 e. The fraction of sp³-hybridized carbons (Fsp3) is 0.548. The molecule has 0 bridgehead atoms. The highest BCUT2D eigenvalue weighted by Crippen LogP contribution is 2.41. The predicted octanol–water partition coefficient (Wildman–Crippen LogP) is 5.82. The standard InChI is InChI=1S/C29H38FN3O5.C2H6/c1-7-37-23-15-19-16-33(28(31)24(19)25(30)27(23)38-8-2)17-22(34)18-13-20(29(3,4)5)26(35-6)21(14-18)32-9-11-36-12-10-32;1-2/h13-15,31H,7-12,16-17H2,1-6H3;1-2H3. The number of morpholine rings is 1. The fourth-order valence-corrected chi connectivity index (χ4v) is 5.01. The first-order valence-corrected chi connectivity index (χ1v) is 14.1. The zero-order valence-electron chi connectivity index (χ0n) is 25.2. The Labute approximate surface area is 237 Å². The maximum atomic E-state index is 15.5. The number of carbonyl (C=O) groups excluding carboxylic acids is 1. The number of ketones is 1. The average Bonchev–Trinajstić information content (AvgIpc) is 3.25. The molecule has 1 N–H and O–H groups in total. The summed E-state index contributed by atoms with van der Waals surface area (Å²) in [5.74, 6) is 0.263. The Kier molecular flexibility index (Phi) is 10.4. The number of amidine groups is 1. The number of hydrogen-bond acceptors (Lipinski definition) is 7. The first-order chi connectivity index (χ1) is 19.1. The van der Waals surface area contributed by atoms with Crippen LogP contribution in [0.4, 0.5) is 10.1 Å². The topological polar surface area (TPSA) is 84.3 Å². The number of methoxy groups -OCH3 is 1. The Morgan fingerprint density at radius 1 is 1.05 bits per heavy atom. The van der Waals surface area contributed by atoms with Crippen LogP contribution in [0.3, 0.4) is 0 Å². The third-order valence-corrected chi connectivity index (χ3v) is 6.86. The van der Waals surface area contributed by atoms with E-state index in [0.717, 1.165) is 17.0 Å². The van der Waals surface area contributed by atoms with Crippen molar-refractivity contribution in [1.29, 1.82) is 5.41 Å². The third kappa shape index (κ3) is 6.35. The number of nitrogens with zero attached hydrogens (tertiary/aromatic N) is 2. The van der Waals surface area contributed by atoms with Crippen LogP contribution in [0, 0.1) is 11.2 Å². The first kappa shape index (κ1) is 31.2. The number of nitrogens with one attached hydrogen (secondary N) is 1. The van der Waals surface area contributed by atoms with Crippen LogP contribution in [-0.2, 0) is 16.7 Å². The van der Waals surface area contributed by atoms with Crippen LogP contribution in [0.15, 0.2) is 18.2 Å². The van der Waals surface area contributed by atoms with Crippen molar-refractivity contribution in [2.45, 2.75) is 60.4 Å². The lowest BCUT2D eigenvalue weighted by Gasteiger charge is -2.33. The van der Waals surface area contributed by atoms with Gasteiger partial charge in [0.15, 0.2) is 23.1 Å². The molecule has 8 nitrogen and oxygen atoms in total. The van der Waals surface area contributed by atoms with Crippen molar-refractivity contribution in [2.24, 2.45) is 0 Å². The van der Waals surface area contributed by atoms with E-state index in [1.807, 2.05) is 32.9 Å². The molecule has 1 saturated heterocycles. The number of rotatable bonds is 9. The predicted molar refractivity (Wildman–Crippen MR) is 156 cm³/mol. The van der Waals surface area contributed by atoms with E-state index in [-0.39, 0.29) is 48.0 Å². The second-order valence-electron chi connectivity index (χ2n) is 10.5. The molecule has 2 aliphatic heterocycles. The second kappa shape index (κ2) is 13.4. The maximum absolute atomic E-state index is 15.5. The number of halogens is 1. The molecule has 1 fully saturated rings. The number of hydrogen-bond donors (Lipinski definition) is 1. The molecule has 0 saturated carbocycles. The van der Waals surface area contributed by atoms with Crippen LogP contribution < -0.4 is 19.1 Å². The van der Waals surface area contributed by atoms with Gasteiger partial charge in [0.25, 0.3) is 0 Å². The maximum Gasteiger partial charge on any atom is 0.197 e. The van der Waals surface area contributed by atoms with Gasteiger partial charge in [0.2, 0.25) is 0 Å². The van der Waals surface area contributed by atoms with Crippen molar-refractivity contribution in [3.63, 3.8) is 0 Å². The molecule has 0 unspecified atom stereocenters. The van der Waals surface area contributed by atoms with Gasteiger partial charge in [0.05, 0.1) is 51.3 Å². The number of benzene rings is 2. The number of ether oxygens (including phenoxy) is 4. The minimum absolute atomic E-state index is 0.00570. The van der Waals surface area contributed by atoms with E-state index in [1.54, 1.807) is 25.0 Å². The Bertz CT molecular complexity index is 1220. The lowest BCUT2D eigenvalue weighted by atomic mass is 9.84. The molecular formula is C31H44FN3O5. The van der Waals surface area contributed by atoms with Crippen LogP contribution in [-0.4, -0.2) is 69.7 Å². The lowest BCUT2D eigenvalue weighted by molar-refractivity contribution is 0.0962. The Morgan fingerprint density at radius 2 is 1.70 bits per heavy atom. The zero-order chi connectivity index (χ0) is 29.6. The van der Waals surface area contributed by atoms with Gasteiger partial charge in [0, 0.05) is 30.8 Å². The highest BCUT2D eigenvalue weighted by atomic mass is 19.1. The molecule has 0 amide bonds. The molecule has 2 aliphatic rings. The normalized spacial score (nSPS) is 14.9. The van der Waals surface area contributed by atoms with Crippen LogP contribution in [0.2, 0.25) is 0 Å². The van der Waals surface area contributed by atoms with Gasteiger partial charge in [0.1, 0.15) is 11.6 Å². The fourth-order valence-electron chi connectivity index (χ4n) is 5.01. The number of Topliss-reactive ketones (excluding diaryl/α,β-unsaturated/α-hetero) is 1. The van der Waals surface area contributed by atoms with Crippen LogP contribution in [0.5, 0.6) is 17.2 Å². The van der Waals surface area contributed by atoms with E-state index in [4.69, 9.17) is 24.4 Å².